The van der Waals surface area contributed by atoms with Gasteiger partial charge in [-0.1, -0.05) is 0 Å². The molecule has 0 bridgehead atoms. The Labute approximate surface area is 122 Å². The summed E-state index contributed by atoms with van der Waals surface area (Å²) in [6.07, 6.45) is -0.699. The van der Waals surface area contributed by atoms with Gasteiger partial charge in [0.25, 0.3) is 0 Å². The first-order valence-electron chi connectivity index (χ1n) is 5.67. The fourth-order valence-electron chi connectivity index (χ4n) is 1.98. The first-order chi connectivity index (χ1) is 8.97. The number of amides is 2. The lowest BCUT2D eigenvalue weighted by molar-refractivity contribution is -0.141. The van der Waals surface area contributed by atoms with Gasteiger partial charge in [0.15, 0.2) is 0 Å². The molecule has 1 aliphatic rings. The molecule has 0 spiro atoms. The van der Waals surface area contributed by atoms with Crippen LogP contribution in [-0.2, 0) is 11.3 Å². The Hall–Kier alpha value is -1.12. The number of nitrogens with one attached hydrogen (secondary N) is 1. The van der Waals surface area contributed by atoms with Crippen LogP contribution in [0.3, 0.4) is 0 Å². The van der Waals surface area contributed by atoms with E-state index in [1.807, 2.05) is 12.1 Å². The monoisotopic (exact) mass is 348 g/mol. The van der Waals surface area contributed by atoms with Gasteiger partial charge in [0.1, 0.15) is 6.04 Å². The quantitative estimate of drug-likeness (QED) is 0.766. The molecule has 3 N–H and O–H groups in total. The summed E-state index contributed by atoms with van der Waals surface area (Å²) in [4.78, 5) is 25.0. The van der Waals surface area contributed by atoms with Crippen molar-refractivity contribution in [3.05, 3.63) is 20.8 Å². The minimum absolute atomic E-state index is 0.0525. The number of rotatable bonds is 3. The Morgan fingerprint density at radius 2 is 2.26 bits per heavy atom. The molecule has 0 saturated carbocycles. The van der Waals surface area contributed by atoms with Gasteiger partial charge in [-0.05, 0) is 28.1 Å². The number of β-amino-alcohol motifs (C(OH)–C–C–N with tert-alkyl or cyclic N) is 1. The van der Waals surface area contributed by atoms with Crippen molar-refractivity contribution in [1.82, 2.24) is 10.2 Å². The molecule has 0 aliphatic carbocycles. The zero-order valence-corrected chi connectivity index (χ0v) is 12.3. The third-order valence-electron chi connectivity index (χ3n) is 2.87. The molecule has 1 aromatic heterocycles. The topological polar surface area (TPSA) is 89.9 Å². The van der Waals surface area contributed by atoms with Crippen molar-refractivity contribution in [2.45, 2.75) is 25.1 Å². The standard InChI is InChI=1S/C11H13BrN2O4S/c12-9-2-1-7(19-9)4-13-11(18)14-5-6(15)3-8(14)10(16)17/h1-2,6,8,15H,3-5H2,(H,13,18)(H,16,17)/t6?,8-/m0/s1. The average Bonchev–Trinajstić information content (AvgIpc) is 2.92. The highest BCUT2D eigenvalue weighted by atomic mass is 79.9. The first kappa shape index (κ1) is 14.3. The maximum absolute atomic E-state index is 11.9. The summed E-state index contributed by atoms with van der Waals surface area (Å²) in [6.45, 7) is 0.394. The Bertz CT molecular complexity index is 493. The van der Waals surface area contributed by atoms with Crippen molar-refractivity contribution in [2.24, 2.45) is 0 Å². The van der Waals surface area contributed by atoms with Crippen LogP contribution in [0.2, 0.25) is 0 Å². The number of urea groups is 1. The van der Waals surface area contributed by atoms with Gasteiger partial charge in [0, 0.05) is 17.8 Å². The maximum atomic E-state index is 11.9. The van der Waals surface area contributed by atoms with Gasteiger partial charge in [0.05, 0.1) is 16.4 Å². The predicted octanol–water partition coefficient (Wildman–Crippen LogP) is 1.24. The lowest BCUT2D eigenvalue weighted by Crippen LogP contribution is -2.45. The molecule has 1 saturated heterocycles. The minimum Gasteiger partial charge on any atom is -0.480 e. The summed E-state index contributed by atoms with van der Waals surface area (Å²) in [7, 11) is 0. The van der Waals surface area contributed by atoms with Gasteiger partial charge < -0.3 is 20.4 Å². The van der Waals surface area contributed by atoms with Crippen molar-refractivity contribution in [2.75, 3.05) is 6.54 Å². The van der Waals surface area contributed by atoms with Gasteiger partial charge in [-0.3, -0.25) is 0 Å². The van der Waals surface area contributed by atoms with Gasteiger partial charge in [-0.15, -0.1) is 11.3 Å². The molecule has 1 fully saturated rings. The molecule has 2 rings (SSSR count). The molecule has 6 nitrogen and oxygen atoms in total. The van der Waals surface area contributed by atoms with E-state index >= 15 is 0 Å². The summed E-state index contributed by atoms with van der Waals surface area (Å²) in [5.74, 6) is -1.09. The minimum atomic E-state index is -1.09. The number of hydrogen-bond acceptors (Lipinski definition) is 4. The second-order valence-electron chi connectivity index (χ2n) is 4.26. The van der Waals surface area contributed by atoms with Crippen LogP contribution in [0.4, 0.5) is 4.79 Å². The fraction of sp³-hybridized carbons (Fsp3) is 0.455. The largest absolute Gasteiger partial charge is 0.480 e. The third-order valence-corrected chi connectivity index (χ3v) is 4.49. The first-order valence-corrected chi connectivity index (χ1v) is 7.28. The van der Waals surface area contributed by atoms with Crippen molar-refractivity contribution in [3.8, 4) is 0 Å². The molecule has 1 aromatic rings. The van der Waals surface area contributed by atoms with E-state index in [2.05, 4.69) is 21.2 Å². The number of likely N-dealkylation sites (tertiary alicyclic amines) is 1. The van der Waals surface area contributed by atoms with Crippen LogP contribution in [0.15, 0.2) is 15.9 Å². The van der Waals surface area contributed by atoms with Crippen LogP contribution in [0, 0.1) is 0 Å². The lowest BCUT2D eigenvalue weighted by Gasteiger charge is -2.21. The number of carbonyl (C=O) groups excluding carboxylic acids is 1. The predicted molar refractivity (Wildman–Crippen MR) is 73.0 cm³/mol. The maximum Gasteiger partial charge on any atom is 0.326 e. The van der Waals surface area contributed by atoms with Crippen LogP contribution in [0.5, 0.6) is 0 Å². The molecule has 2 atom stereocenters. The van der Waals surface area contributed by atoms with E-state index in [1.54, 1.807) is 0 Å². The molecule has 2 heterocycles. The highest BCUT2D eigenvalue weighted by Crippen LogP contribution is 2.22. The molecule has 8 heteroatoms. The van der Waals surface area contributed by atoms with Crippen LogP contribution in [-0.4, -0.2) is 45.8 Å². The van der Waals surface area contributed by atoms with Gasteiger partial charge in [0.2, 0.25) is 0 Å². The molecule has 104 valence electrons. The number of aliphatic hydroxyl groups excluding tert-OH is 1. The number of nitrogens with zero attached hydrogens (tertiary/aromatic N) is 1. The highest BCUT2D eigenvalue weighted by Gasteiger charge is 2.38. The average molecular weight is 349 g/mol. The second-order valence-corrected chi connectivity index (χ2v) is 6.81. The molecule has 1 aliphatic heterocycles. The van der Waals surface area contributed by atoms with Crippen molar-refractivity contribution >= 4 is 39.3 Å². The van der Waals surface area contributed by atoms with Crippen LogP contribution >= 0.6 is 27.3 Å². The second kappa shape index (κ2) is 5.89. The molecular weight excluding hydrogens is 336 g/mol. The van der Waals surface area contributed by atoms with Crippen molar-refractivity contribution in [3.63, 3.8) is 0 Å². The van der Waals surface area contributed by atoms with E-state index in [0.717, 1.165) is 13.6 Å². The summed E-state index contributed by atoms with van der Waals surface area (Å²) < 4.78 is 0.969. The number of thiophene rings is 1. The van der Waals surface area contributed by atoms with E-state index in [-0.39, 0.29) is 13.0 Å². The Balaban J connectivity index is 1.93. The lowest BCUT2D eigenvalue weighted by atomic mass is 10.2. The van der Waals surface area contributed by atoms with E-state index in [4.69, 9.17) is 5.11 Å². The summed E-state index contributed by atoms with van der Waals surface area (Å²) >= 11 is 4.82. The zero-order chi connectivity index (χ0) is 14.0. The number of aliphatic carboxylic acids is 1. The Morgan fingerprint density at radius 1 is 1.53 bits per heavy atom. The number of hydrogen-bond donors (Lipinski definition) is 3. The number of carboxylic acid groups (broad SMARTS) is 1. The molecule has 0 aromatic carbocycles. The van der Waals surface area contributed by atoms with Gasteiger partial charge >= 0.3 is 12.0 Å². The molecule has 2 amide bonds. The summed E-state index contributed by atoms with van der Waals surface area (Å²) in [5, 5.41) is 21.1. The van der Waals surface area contributed by atoms with Crippen LogP contribution < -0.4 is 5.32 Å². The summed E-state index contributed by atoms with van der Waals surface area (Å²) in [5.41, 5.74) is 0. The van der Waals surface area contributed by atoms with E-state index in [0.29, 0.717) is 6.54 Å². The molecular formula is C11H13BrN2O4S. The van der Waals surface area contributed by atoms with Crippen LogP contribution in [0.25, 0.3) is 0 Å². The fourth-order valence-corrected chi connectivity index (χ4v) is 3.41. The van der Waals surface area contributed by atoms with E-state index < -0.39 is 24.1 Å². The normalized spacial score (nSPS) is 22.5. The Kier molecular flexibility index (Phi) is 4.43. The smallest absolute Gasteiger partial charge is 0.326 e. The van der Waals surface area contributed by atoms with E-state index in [9.17, 15) is 14.7 Å². The van der Waals surface area contributed by atoms with Crippen LogP contribution in [0.1, 0.15) is 11.3 Å². The van der Waals surface area contributed by atoms with Crippen molar-refractivity contribution in [1.29, 1.82) is 0 Å². The van der Waals surface area contributed by atoms with Gasteiger partial charge in [-0.25, -0.2) is 9.59 Å². The SMILES string of the molecule is O=C(O)[C@@H]1CC(O)CN1C(=O)NCc1ccc(Br)s1. The number of carbonyl (C=O) groups is 2. The van der Waals surface area contributed by atoms with Crippen molar-refractivity contribution < 1.29 is 19.8 Å². The third kappa shape index (κ3) is 3.46. The zero-order valence-electron chi connectivity index (χ0n) is 9.88. The van der Waals surface area contributed by atoms with Gasteiger partial charge in [-0.2, -0.15) is 0 Å². The number of aliphatic hydroxyl groups is 1. The highest BCUT2D eigenvalue weighted by molar-refractivity contribution is 9.11. The Morgan fingerprint density at radius 3 is 2.84 bits per heavy atom. The van der Waals surface area contributed by atoms with E-state index in [1.165, 1.54) is 11.3 Å². The summed E-state index contributed by atoms with van der Waals surface area (Å²) in [6, 6.07) is 2.34. The number of carboxylic acids is 1. The molecule has 0 radical (unpaired) electrons. The molecule has 1 unspecified atom stereocenters. The number of halogens is 1. The molecule has 19 heavy (non-hydrogen) atoms.